The van der Waals surface area contributed by atoms with E-state index in [-0.39, 0.29) is 5.97 Å². The average molecular weight is 266 g/mol. The maximum atomic E-state index is 11.7. The lowest BCUT2D eigenvalue weighted by Crippen LogP contribution is -2.27. The summed E-state index contributed by atoms with van der Waals surface area (Å²) in [7, 11) is 1.66. The summed E-state index contributed by atoms with van der Waals surface area (Å²) in [5, 5.41) is 0. The summed E-state index contributed by atoms with van der Waals surface area (Å²) >= 11 is 0. The van der Waals surface area contributed by atoms with Crippen LogP contribution in [-0.4, -0.2) is 39.4 Å². The van der Waals surface area contributed by atoms with Gasteiger partial charge in [0.1, 0.15) is 0 Å². The summed E-state index contributed by atoms with van der Waals surface area (Å²) in [6.07, 6.45) is 0. The first-order valence-corrected chi connectivity index (χ1v) is 6.44. The van der Waals surface area contributed by atoms with E-state index >= 15 is 0 Å². The van der Waals surface area contributed by atoms with Gasteiger partial charge in [-0.2, -0.15) is 0 Å². The van der Waals surface area contributed by atoms with Crippen LogP contribution in [0.4, 0.5) is 11.4 Å². The molecule has 0 amide bonds. The van der Waals surface area contributed by atoms with Crippen molar-refractivity contribution in [2.24, 2.45) is 0 Å². The number of rotatable bonds is 7. The van der Waals surface area contributed by atoms with E-state index in [9.17, 15) is 4.79 Å². The molecule has 1 aromatic rings. The van der Waals surface area contributed by atoms with E-state index in [1.54, 1.807) is 32.2 Å². The van der Waals surface area contributed by atoms with Crippen molar-refractivity contribution in [3.63, 3.8) is 0 Å². The predicted octanol–water partition coefficient (Wildman–Crippen LogP) is 1.92. The zero-order chi connectivity index (χ0) is 14.3. The molecule has 19 heavy (non-hydrogen) atoms. The molecule has 0 bridgehead atoms. The number of anilines is 2. The molecule has 0 spiro atoms. The van der Waals surface area contributed by atoms with Gasteiger partial charge < -0.3 is 20.1 Å². The standard InChI is InChI=1S/C14H22N2O3/c1-4-16(8-9-18-3)13-10-11(6-7-12(13)15)14(17)19-5-2/h6-7,10H,4-5,8-9,15H2,1-3H3. The Morgan fingerprint density at radius 2 is 2.11 bits per heavy atom. The molecule has 0 aromatic heterocycles. The van der Waals surface area contributed by atoms with Crippen LogP contribution in [-0.2, 0) is 9.47 Å². The fourth-order valence-corrected chi connectivity index (χ4v) is 1.81. The minimum absolute atomic E-state index is 0.327. The molecule has 5 heteroatoms. The minimum atomic E-state index is -0.327. The van der Waals surface area contributed by atoms with Crippen molar-refractivity contribution in [3.8, 4) is 0 Å². The van der Waals surface area contributed by atoms with Gasteiger partial charge >= 0.3 is 5.97 Å². The summed E-state index contributed by atoms with van der Waals surface area (Å²) in [6.45, 7) is 6.30. The smallest absolute Gasteiger partial charge is 0.338 e. The Morgan fingerprint density at radius 1 is 1.37 bits per heavy atom. The fourth-order valence-electron chi connectivity index (χ4n) is 1.81. The van der Waals surface area contributed by atoms with Gasteiger partial charge in [-0.15, -0.1) is 0 Å². The van der Waals surface area contributed by atoms with Crippen LogP contribution in [0.1, 0.15) is 24.2 Å². The van der Waals surface area contributed by atoms with E-state index in [1.165, 1.54) is 0 Å². The molecule has 1 rings (SSSR count). The Kier molecular flexibility index (Phi) is 6.15. The Morgan fingerprint density at radius 3 is 2.68 bits per heavy atom. The number of esters is 1. The van der Waals surface area contributed by atoms with Gasteiger partial charge in [-0.3, -0.25) is 0 Å². The second kappa shape index (κ2) is 7.63. The number of likely N-dealkylation sites (N-methyl/N-ethyl adjacent to an activating group) is 1. The van der Waals surface area contributed by atoms with Gasteiger partial charge in [0.05, 0.1) is 30.2 Å². The van der Waals surface area contributed by atoms with Gasteiger partial charge in [-0.1, -0.05) is 0 Å². The third-order valence-corrected chi connectivity index (χ3v) is 2.83. The van der Waals surface area contributed by atoms with Gasteiger partial charge in [-0.05, 0) is 32.0 Å². The van der Waals surface area contributed by atoms with Crippen LogP contribution >= 0.6 is 0 Å². The van der Waals surface area contributed by atoms with Gasteiger partial charge in [0.2, 0.25) is 0 Å². The third kappa shape index (κ3) is 4.13. The van der Waals surface area contributed by atoms with Gasteiger partial charge in [0.25, 0.3) is 0 Å². The highest BCUT2D eigenvalue weighted by atomic mass is 16.5. The Balaban J connectivity index is 2.97. The molecule has 0 fully saturated rings. The number of nitrogens with two attached hydrogens (primary N) is 1. The second-order valence-corrected chi connectivity index (χ2v) is 4.07. The Labute approximate surface area is 114 Å². The number of methoxy groups -OCH3 is 1. The van der Waals surface area contributed by atoms with E-state index in [4.69, 9.17) is 15.2 Å². The summed E-state index contributed by atoms with van der Waals surface area (Å²) in [5.41, 5.74) is 7.98. The first-order valence-electron chi connectivity index (χ1n) is 6.44. The minimum Gasteiger partial charge on any atom is -0.462 e. The molecule has 0 atom stereocenters. The van der Waals surface area contributed by atoms with E-state index < -0.39 is 0 Å². The molecular weight excluding hydrogens is 244 g/mol. The van der Waals surface area contributed by atoms with Crippen LogP contribution in [0, 0.1) is 0 Å². The molecule has 0 aliphatic carbocycles. The maximum Gasteiger partial charge on any atom is 0.338 e. The van der Waals surface area contributed by atoms with Crippen LogP contribution in [0.2, 0.25) is 0 Å². The predicted molar refractivity (Wildman–Crippen MR) is 76.6 cm³/mol. The summed E-state index contributed by atoms with van der Waals surface area (Å²) in [5.74, 6) is -0.327. The highest BCUT2D eigenvalue weighted by Crippen LogP contribution is 2.24. The van der Waals surface area contributed by atoms with E-state index in [0.717, 1.165) is 18.8 Å². The molecule has 0 saturated carbocycles. The number of ether oxygens (including phenoxy) is 2. The lowest BCUT2D eigenvalue weighted by molar-refractivity contribution is 0.0526. The van der Waals surface area contributed by atoms with E-state index in [2.05, 4.69) is 4.90 Å². The van der Waals surface area contributed by atoms with Gasteiger partial charge in [0, 0.05) is 20.2 Å². The van der Waals surface area contributed by atoms with Crippen LogP contribution in [0.15, 0.2) is 18.2 Å². The molecule has 5 nitrogen and oxygen atoms in total. The van der Waals surface area contributed by atoms with Crippen LogP contribution in [0.3, 0.4) is 0 Å². The number of nitrogens with zero attached hydrogens (tertiary/aromatic N) is 1. The van der Waals surface area contributed by atoms with Crippen LogP contribution in [0.5, 0.6) is 0 Å². The monoisotopic (exact) mass is 266 g/mol. The highest BCUT2D eigenvalue weighted by molar-refractivity contribution is 5.92. The molecule has 0 aliphatic heterocycles. The SMILES string of the molecule is CCOC(=O)c1ccc(N)c(N(CC)CCOC)c1. The number of carbonyl (C=O) groups is 1. The fraction of sp³-hybridized carbons (Fsp3) is 0.500. The van der Waals surface area contributed by atoms with Gasteiger partial charge in [0.15, 0.2) is 0 Å². The zero-order valence-electron chi connectivity index (χ0n) is 11.8. The van der Waals surface area contributed by atoms with Crippen LogP contribution in [0.25, 0.3) is 0 Å². The van der Waals surface area contributed by atoms with Crippen molar-refractivity contribution >= 4 is 17.3 Å². The lowest BCUT2D eigenvalue weighted by Gasteiger charge is -2.24. The van der Waals surface area contributed by atoms with Gasteiger partial charge in [-0.25, -0.2) is 4.79 Å². The van der Waals surface area contributed by atoms with Crippen molar-refractivity contribution in [3.05, 3.63) is 23.8 Å². The van der Waals surface area contributed by atoms with Crippen molar-refractivity contribution in [2.45, 2.75) is 13.8 Å². The number of nitrogen functional groups attached to an aromatic ring is 1. The second-order valence-electron chi connectivity index (χ2n) is 4.07. The van der Waals surface area contributed by atoms with Crippen molar-refractivity contribution in [2.75, 3.05) is 44.0 Å². The zero-order valence-corrected chi connectivity index (χ0v) is 11.8. The summed E-state index contributed by atoms with van der Waals surface area (Å²) < 4.78 is 10.1. The Bertz CT molecular complexity index is 421. The molecule has 0 saturated heterocycles. The summed E-state index contributed by atoms with van der Waals surface area (Å²) in [6, 6.07) is 5.19. The summed E-state index contributed by atoms with van der Waals surface area (Å²) in [4.78, 5) is 13.8. The molecular formula is C14H22N2O3. The number of hydrogen-bond donors (Lipinski definition) is 1. The first-order chi connectivity index (χ1) is 9.13. The number of benzene rings is 1. The first kappa shape index (κ1) is 15.3. The Hall–Kier alpha value is -1.75. The lowest BCUT2D eigenvalue weighted by atomic mass is 10.1. The number of carbonyl (C=O) groups excluding carboxylic acids is 1. The maximum absolute atomic E-state index is 11.7. The normalized spacial score (nSPS) is 10.3. The number of hydrogen-bond acceptors (Lipinski definition) is 5. The van der Waals surface area contributed by atoms with E-state index in [0.29, 0.717) is 24.5 Å². The molecule has 0 aliphatic rings. The van der Waals surface area contributed by atoms with Crippen molar-refractivity contribution in [1.82, 2.24) is 0 Å². The molecule has 0 heterocycles. The molecule has 0 radical (unpaired) electrons. The van der Waals surface area contributed by atoms with Crippen molar-refractivity contribution in [1.29, 1.82) is 0 Å². The van der Waals surface area contributed by atoms with Crippen LogP contribution < -0.4 is 10.6 Å². The largest absolute Gasteiger partial charge is 0.462 e. The average Bonchev–Trinajstić information content (AvgIpc) is 2.41. The quantitative estimate of drug-likeness (QED) is 0.603. The van der Waals surface area contributed by atoms with Crippen molar-refractivity contribution < 1.29 is 14.3 Å². The molecule has 2 N–H and O–H groups in total. The highest BCUT2D eigenvalue weighted by Gasteiger charge is 2.13. The molecule has 0 unspecified atom stereocenters. The third-order valence-electron chi connectivity index (χ3n) is 2.83. The molecule has 1 aromatic carbocycles. The van der Waals surface area contributed by atoms with E-state index in [1.807, 2.05) is 6.92 Å². The topological polar surface area (TPSA) is 64.8 Å². The molecule has 106 valence electrons.